The molecule has 0 N–H and O–H groups in total. The van der Waals surface area contributed by atoms with Gasteiger partial charge in [-0.05, 0) is 49.2 Å². The molecule has 1 aromatic rings. The zero-order chi connectivity index (χ0) is 11.4. The molecule has 0 aliphatic heterocycles. The van der Waals surface area contributed by atoms with E-state index in [2.05, 4.69) is 0 Å². The Morgan fingerprint density at radius 2 is 2.07 bits per heavy atom. The van der Waals surface area contributed by atoms with E-state index in [0.29, 0.717) is 23.3 Å². The number of ether oxygens (including phenoxy) is 1. The summed E-state index contributed by atoms with van der Waals surface area (Å²) in [6, 6.07) is 4.64. The second-order valence-corrected chi connectivity index (χ2v) is 3.37. The minimum Gasteiger partial charge on any atom is -0.462 e. The van der Waals surface area contributed by atoms with Crippen LogP contribution in [0.3, 0.4) is 0 Å². The molecule has 4 heteroatoms. The van der Waals surface area contributed by atoms with Gasteiger partial charge in [-0.15, -0.1) is 0 Å². The van der Waals surface area contributed by atoms with Crippen molar-refractivity contribution in [3.05, 3.63) is 34.9 Å². The quantitative estimate of drug-likeness (QED) is 0.588. The molecule has 0 unspecified atom stereocenters. The number of esters is 1. The van der Waals surface area contributed by atoms with Gasteiger partial charge in [0.05, 0.1) is 12.2 Å². The van der Waals surface area contributed by atoms with Crippen LogP contribution in [0.4, 0.5) is 0 Å². The fraction of sp³-hybridized carbons (Fsp3) is 0.273. The SMILES string of the molecule is CCOC(=O)c1ccc(C(=O)Cl)c(C)c1. The highest BCUT2D eigenvalue weighted by Gasteiger charge is 2.11. The van der Waals surface area contributed by atoms with Gasteiger partial charge < -0.3 is 4.74 Å². The average molecular weight is 227 g/mol. The summed E-state index contributed by atoms with van der Waals surface area (Å²) >= 11 is 5.35. The fourth-order valence-electron chi connectivity index (χ4n) is 1.23. The fourth-order valence-corrected chi connectivity index (χ4v) is 1.44. The van der Waals surface area contributed by atoms with Gasteiger partial charge in [0.15, 0.2) is 0 Å². The maximum atomic E-state index is 11.3. The number of hydrogen-bond donors (Lipinski definition) is 0. The lowest BCUT2D eigenvalue weighted by molar-refractivity contribution is 0.0526. The van der Waals surface area contributed by atoms with Crippen molar-refractivity contribution in [3.8, 4) is 0 Å². The molecule has 3 nitrogen and oxygen atoms in total. The predicted octanol–water partition coefficient (Wildman–Crippen LogP) is 2.55. The molecule has 0 atom stereocenters. The summed E-state index contributed by atoms with van der Waals surface area (Å²) in [7, 11) is 0. The molecule has 0 aliphatic carbocycles. The van der Waals surface area contributed by atoms with E-state index in [1.807, 2.05) is 0 Å². The lowest BCUT2D eigenvalue weighted by Crippen LogP contribution is -2.06. The summed E-state index contributed by atoms with van der Waals surface area (Å²) in [4.78, 5) is 22.3. The van der Waals surface area contributed by atoms with Gasteiger partial charge in [0.2, 0.25) is 0 Å². The normalized spacial score (nSPS) is 9.80. The van der Waals surface area contributed by atoms with Crippen LogP contribution in [0, 0.1) is 6.92 Å². The summed E-state index contributed by atoms with van der Waals surface area (Å²) in [5.41, 5.74) is 1.50. The van der Waals surface area contributed by atoms with Crippen molar-refractivity contribution in [2.75, 3.05) is 6.61 Å². The highest BCUT2D eigenvalue weighted by Crippen LogP contribution is 2.14. The summed E-state index contributed by atoms with van der Waals surface area (Å²) in [5.74, 6) is -0.394. The molecular weight excluding hydrogens is 216 g/mol. The number of aryl methyl sites for hydroxylation is 1. The molecule has 0 spiro atoms. The highest BCUT2D eigenvalue weighted by molar-refractivity contribution is 6.67. The van der Waals surface area contributed by atoms with Crippen LogP contribution in [-0.4, -0.2) is 17.8 Å². The molecule has 1 aromatic carbocycles. The molecule has 0 amide bonds. The van der Waals surface area contributed by atoms with Crippen molar-refractivity contribution in [2.24, 2.45) is 0 Å². The largest absolute Gasteiger partial charge is 0.462 e. The maximum absolute atomic E-state index is 11.3. The van der Waals surface area contributed by atoms with Crippen LogP contribution in [-0.2, 0) is 4.74 Å². The predicted molar refractivity (Wildman–Crippen MR) is 57.3 cm³/mol. The molecule has 15 heavy (non-hydrogen) atoms. The van der Waals surface area contributed by atoms with Gasteiger partial charge in [0.1, 0.15) is 0 Å². The Kier molecular flexibility index (Phi) is 3.86. The Hall–Kier alpha value is -1.35. The summed E-state index contributed by atoms with van der Waals surface area (Å²) < 4.78 is 4.83. The van der Waals surface area contributed by atoms with Gasteiger partial charge in [-0.25, -0.2) is 4.79 Å². The van der Waals surface area contributed by atoms with E-state index in [1.165, 1.54) is 12.1 Å². The lowest BCUT2D eigenvalue weighted by atomic mass is 10.1. The monoisotopic (exact) mass is 226 g/mol. The standard InChI is InChI=1S/C11H11ClO3/c1-3-15-11(14)8-4-5-9(10(12)13)7(2)6-8/h4-6H,3H2,1-2H3. The van der Waals surface area contributed by atoms with E-state index in [1.54, 1.807) is 19.9 Å². The van der Waals surface area contributed by atoms with E-state index < -0.39 is 11.2 Å². The summed E-state index contributed by atoms with van der Waals surface area (Å²) in [6.45, 7) is 3.79. The van der Waals surface area contributed by atoms with Crippen molar-refractivity contribution in [3.63, 3.8) is 0 Å². The molecule has 80 valence electrons. The summed E-state index contributed by atoms with van der Waals surface area (Å²) in [6.07, 6.45) is 0. The van der Waals surface area contributed by atoms with E-state index in [0.717, 1.165) is 0 Å². The number of rotatable bonds is 3. The van der Waals surface area contributed by atoms with Crippen LogP contribution in [0.1, 0.15) is 33.2 Å². The molecule has 1 rings (SSSR count). The zero-order valence-corrected chi connectivity index (χ0v) is 9.30. The van der Waals surface area contributed by atoms with Crippen LogP contribution in [0.15, 0.2) is 18.2 Å². The third-order valence-corrected chi connectivity index (χ3v) is 2.15. The average Bonchev–Trinajstić information content (AvgIpc) is 2.17. The molecule has 0 aliphatic rings. The number of carbonyl (C=O) groups is 2. The molecule has 0 radical (unpaired) electrons. The summed E-state index contributed by atoms with van der Waals surface area (Å²) in [5, 5.41) is -0.525. The Morgan fingerprint density at radius 1 is 1.40 bits per heavy atom. The van der Waals surface area contributed by atoms with Gasteiger partial charge >= 0.3 is 5.97 Å². The van der Waals surface area contributed by atoms with Crippen LogP contribution in [0.25, 0.3) is 0 Å². The second kappa shape index (κ2) is 4.94. The Morgan fingerprint density at radius 3 is 2.53 bits per heavy atom. The first-order valence-electron chi connectivity index (χ1n) is 4.54. The number of benzene rings is 1. The van der Waals surface area contributed by atoms with Crippen LogP contribution in [0.2, 0.25) is 0 Å². The van der Waals surface area contributed by atoms with Crippen LogP contribution in [0.5, 0.6) is 0 Å². The third kappa shape index (κ3) is 2.80. The van der Waals surface area contributed by atoms with Crippen LogP contribution >= 0.6 is 11.6 Å². The van der Waals surface area contributed by atoms with Gasteiger partial charge in [0.25, 0.3) is 5.24 Å². The Bertz CT molecular complexity index is 399. The van der Waals surface area contributed by atoms with E-state index in [4.69, 9.17) is 16.3 Å². The molecule has 0 aromatic heterocycles. The van der Waals surface area contributed by atoms with Gasteiger partial charge in [-0.2, -0.15) is 0 Å². The van der Waals surface area contributed by atoms with Crippen molar-refractivity contribution < 1.29 is 14.3 Å². The molecular formula is C11H11ClO3. The molecule has 0 saturated carbocycles. The first kappa shape index (κ1) is 11.7. The van der Waals surface area contributed by atoms with Crippen molar-refractivity contribution in [1.82, 2.24) is 0 Å². The van der Waals surface area contributed by atoms with Crippen LogP contribution < -0.4 is 0 Å². The first-order valence-corrected chi connectivity index (χ1v) is 4.91. The molecule has 0 fully saturated rings. The molecule has 0 bridgehead atoms. The molecule has 0 saturated heterocycles. The number of hydrogen-bond acceptors (Lipinski definition) is 3. The van der Waals surface area contributed by atoms with E-state index >= 15 is 0 Å². The Balaban J connectivity index is 3.01. The smallest absolute Gasteiger partial charge is 0.338 e. The minimum atomic E-state index is -0.525. The van der Waals surface area contributed by atoms with Crippen molar-refractivity contribution in [2.45, 2.75) is 13.8 Å². The van der Waals surface area contributed by atoms with Gasteiger partial charge in [-0.3, -0.25) is 4.79 Å². The minimum absolute atomic E-state index is 0.327. The lowest BCUT2D eigenvalue weighted by Gasteiger charge is -2.04. The third-order valence-electron chi connectivity index (χ3n) is 1.95. The molecule has 0 heterocycles. The van der Waals surface area contributed by atoms with E-state index in [9.17, 15) is 9.59 Å². The number of halogens is 1. The maximum Gasteiger partial charge on any atom is 0.338 e. The topological polar surface area (TPSA) is 43.4 Å². The Labute approximate surface area is 93.0 Å². The second-order valence-electron chi connectivity index (χ2n) is 3.02. The highest BCUT2D eigenvalue weighted by atomic mass is 35.5. The van der Waals surface area contributed by atoms with Crippen molar-refractivity contribution in [1.29, 1.82) is 0 Å². The van der Waals surface area contributed by atoms with E-state index in [-0.39, 0.29) is 0 Å². The van der Waals surface area contributed by atoms with Crippen molar-refractivity contribution >= 4 is 22.8 Å². The first-order chi connectivity index (χ1) is 7.06. The van der Waals surface area contributed by atoms with Gasteiger partial charge in [0, 0.05) is 5.56 Å². The van der Waals surface area contributed by atoms with Gasteiger partial charge in [-0.1, -0.05) is 0 Å². The zero-order valence-electron chi connectivity index (χ0n) is 8.54. The number of carbonyl (C=O) groups excluding carboxylic acids is 2.